The molecule has 0 radical (unpaired) electrons. The summed E-state index contributed by atoms with van der Waals surface area (Å²) in [6, 6.07) is 0. The van der Waals surface area contributed by atoms with Crippen molar-refractivity contribution in [3.05, 3.63) is 4.91 Å². The third kappa shape index (κ3) is 1.48. The van der Waals surface area contributed by atoms with Gasteiger partial charge in [0.2, 0.25) is 0 Å². The van der Waals surface area contributed by atoms with Crippen molar-refractivity contribution in [2.75, 3.05) is 6.54 Å². The molecule has 0 saturated carbocycles. The highest BCUT2D eigenvalue weighted by Gasteiger charge is 2.20. The molecule has 0 aromatic carbocycles. The Bertz CT molecular complexity index is 135. The van der Waals surface area contributed by atoms with Crippen molar-refractivity contribution < 1.29 is 4.74 Å². The summed E-state index contributed by atoms with van der Waals surface area (Å²) in [5.41, 5.74) is 0. The molecule has 0 bridgehead atoms. The third-order valence-electron chi connectivity index (χ3n) is 1.28. The number of nitrogens with zero attached hydrogens (tertiary/aromatic N) is 1. The number of hydrogen-bond donors (Lipinski definition) is 1. The summed E-state index contributed by atoms with van der Waals surface area (Å²) < 4.78 is 4.89. The lowest BCUT2D eigenvalue weighted by atomic mass is 10.2. The second kappa shape index (κ2) is 2.57. The average Bonchev–Trinajstić information content (AvgIpc) is 2.17. The zero-order chi connectivity index (χ0) is 6.69. The second-order valence-electron chi connectivity index (χ2n) is 2.01. The maximum Gasteiger partial charge on any atom is 0.180 e. The Hall–Kier alpha value is -0.930. The Balaban J connectivity index is 2.29. The molecule has 0 aromatic heterocycles. The summed E-state index contributed by atoms with van der Waals surface area (Å²) in [6.45, 7) is 0.183. The molecule has 1 saturated heterocycles. The fraction of sp³-hybridized carbons (Fsp3) is 0.800. The molecule has 1 aliphatic rings. The number of nitrogens with one attached hydrogen (secondary N) is 1. The Morgan fingerprint density at radius 1 is 1.89 bits per heavy atom. The monoisotopic (exact) mass is 128 g/mol. The van der Waals surface area contributed by atoms with Crippen molar-refractivity contribution in [1.29, 1.82) is 5.41 Å². The van der Waals surface area contributed by atoms with E-state index in [1.165, 1.54) is 0 Å². The SMILES string of the molecule is N=C1CC[C@@H](CN=O)O1. The zero-order valence-electron chi connectivity index (χ0n) is 4.96. The molecule has 0 spiro atoms. The normalized spacial score (nSPS) is 25.8. The summed E-state index contributed by atoms with van der Waals surface area (Å²) in [6.07, 6.45) is 1.31. The van der Waals surface area contributed by atoms with Gasteiger partial charge in [-0.25, -0.2) is 0 Å². The standard InChI is InChI=1S/C5H8N2O2/c6-5-2-1-4(9-5)3-7-8/h4,6H,1-3H2/t4-/m0/s1. The Morgan fingerprint density at radius 3 is 3.11 bits per heavy atom. The summed E-state index contributed by atoms with van der Waals surface area (Å²) in [7, 11) is 0. The predicted molar refractivity (Wildman–Crippen MR) is 32.5 cm³/mol. The van der Waals surface area contributed by atoms with Crippen LogP contribution in [0.4, 0.5) is 0 Å². The minimum Gasteiger partial charge on any atom is -0.476 e. The molecule has 1 rings (SSSR count). The van der Waals surface area contributed by atoms with Gasteiger partial charge in [0.15, 0.2) is 5.90 Å². The fourth-order valence-corrected chi connectivity index (χ4v) is 0.823. The predicted octanol–water partition coefficient (Wildman–Crippen LogP) is 0.909. The van der Waals surface area contributed by atoms with E-state index in [1.54, 1.807) is 0 Å². The molecular formula is C5H8N2O2. The van der Waals surface area contributed by atoms with Crippen molar-refractivity contribution in [1.82, 2.24) is 0 Å². The fourth-order valence-electron chi connectivity index (χ4n) is 0.823. The van der Waals surface area contributed by atoms with Gasteiger partial charge in [-0.3, -0.25) is 5.41 Å². The molecule has 9 heavy (non-hydrogen) atoms. The van der Waals surface area contributed by atoms with E-state index in [0.717, 1.165) is 6.42 Å². The Kier molecular flexibility index (Phi) is 1.77. The third-order valence-corrected chi connectivity index (χ3v) is 1.28. The molecule has 1 atom stereocenters. The van der Waals surface area contributed by atoms with E-state index in [2.05, 4.69) is 5.18 Å². The van der Waals surface area contributed by atoms with Gasteiger partial charge >= 0.3 is 0 Å². The first kappa shape index (κ1) is 6.19. The smallest absolute Gasteiger partial charge is 0.180 e. The largest absolute Gasteiger partial charge is 0.476 e. The van der Waals surface area contributed by atoms with E-state index in [0.29, 0.717) is 6.42 Å². The van der Waals surface area contributed by atoms with Gasteiger partial charge in [-0.05, 0) is 6.42 Å². The van der Waals surface area contributed by atoms with Crippen molar-refractivity contribution >= 4 is 5.90 Å². The van der Waals surface area contributed by atoms with E-state index >= 15 is 0 Å². The van der Waals surface area contributed by atoms with Crippen molar-refractivity contribution in [2.45, 2.75) is 18.9 Å². The lowest BCUT2D eigenvalue weighted by Crippen LogP contribution is -2.09. The number of nitroso groups, excluding NO2 is 1. The first-order chi connectivity index (χ1) is 4.33. The highest BCUT2D eigenvalue weighted by Crippen LogP contribution is 2.13. The van der Waals surface area contributed by atoms with E-state index in [4.69, 9.17) is 10.1 Å². The maximum atomic E-state index is 9.67. The molecular weight excluding hydrogens is 120 g/mol. The number of hydrogen-bond acceptors (Lipinski definition) is 4. The van der Waals surface area contributed by atoms with Gasteiger partial charge in [0.25, 0.3) is 0 Å². The van der Waals surface area contributed by atoms with Gasteiger partial charge in [0.1, 0.15) is 12.6 Å². The van der Waals surface area contributed by atoms with Gasteiger partial charge < -0.3 is 4.74 Å². The van der Waals surface area contributed by atoms with Crippen LogP contribution in [0.1, 0.15) is 12.8 Å². The highest BCUT2D eigenvalue weighted by atomic mass is 16.5. The van der Waals surface area contributed by atoms with Gasteiger partial charge in [-0.1, -0.05) is 5.18 Å². The molecule has 1 fully saturated rings. The highest BCUT2D eigenvalue weighted by molar-refractivity contribution is 5.74. The molecule has 0 aromatic rings. The first-order valence-corrected chi connectivity index (χ1v) is 2.86. The van der Waals surface area contributed by atoms with Crippen LogP contribution in [0.2, 0.25) is 0 Å². The number of rotatable bonds is 2. The van der Waals surface area contributed by atoms with Gasteiger partial charge in [0.05, 0.1) is 0 Å². The summed E-state index contributed by atoms with van der Waals surface area (Å²) in [5, 5.41) is 9.67. The molecule has 0 amide bonds. The quantitative estimate of drug-likeness (QED) is 0.562. The molecule has 0 unspecified atom stereocenters. The second-order valence-corrected chi connectivity index (χ2v) is 2.01. The van der Waals surface area contributed by atoms with E-state index in [1.807, 2.05) is 0 Å². The average molecular weight is 128 g/mol. The van der Waals surface area contributed by atoms with E-state index in [9.17, 15) is 4.91 Å². The zero-order valence-corrected chi connectivity index (χ0v) is 4.96. The van der Waals surface area contributed by atoms with Crippen LogP contribution < -0.4 is 0 Å². The number of ether oxygens (including phenoxy) is 1. The molecule has 50 valence electrons. The summed E-state index contributed by atoms with van der Waals surface area (Å²) in [4.78, 5) is 9.67. The topological polar surface area (TPSA) is 62.5 Å². The minimum atomic E-state index is -0.116. The van der Waals surface area contributed by atoms with Crippen LogP contribution in [0.5, 0.6) is 0 Å². The molecule has 4 heteroatoms. The van der Waals surface area contributed by atoms with Gasteiger partial charge in [0, 0.05) is 6.42 Å². The van der Waals surface area contributed by atoms with Crippen LogP contribution in [-0.4, -0.2) is 18.5 Å². The molecule has 0 aliphatic carbocycles. The first-order valence-electron chi connectivity index (χ1n) is 2.86. The molecule has 1 N–H and O–H groups in total. The lowest BCUT2D eigenvalue weighted by Gasteiger charge is -2.01. The van der Waals surface area contributed by atoms with Crippen LogP contribution in [0.15, 0.2) is 5.18 Å². The van der Waals surface area contributed by atoms with Crippen molar-refractivity contribution in [2.24, 2.45) is 5.18 Å². The van der Waals surface area contributed by atoms with E-state index < -0.39 is 0 Å². The lowest BCUT2D eigenvalue weighted by molar-refractivity contribution is 0.225. The van der Waals surface area contributed by atoms with Crippen LogP contribution in [0, 0.1) is 10.3 Å². The van der Waals surface area contributed by atoms with Gasteiger partial charge in [-0.2, -0.15) is 4.91 Å². The van der Waals surface area contributed by atoms with Crippen molar-refractivity contribution in [3.8, 4) is 0 Å². The van der Waals surface area contributed by atoms with E-state index in [-0.39, 0.29) is 18.5 Å². The van der Waals surface area contributed by atoms with Crippen LogP contribution >= 0.6 is 0 Å². The van der Waals surface area contributed by atoms with Gasteiger partial charge in [-0.15, -0.1) is 0 Å². The van der Waals surface area contributed by atoms with Crippen molar-refractivity contribution in [3.63, 3.8) is 0 Å². The molecule has 1 heterocycles. The molecule has 1 aliphatic heterocycles. The summed E-state index contributed by atoms with van der Waals surface area (Å²) in [5.74, 6) is 0.281. The Morgan fingerprint density at radius 2 is 2.67 bits per heavy atom. The van der Waals surface area contributed by atoms with Crippen LogP contribution in [0.25, 0.3) is 0 Å². The van der Waals surface area contributed by atoms with Crippen LogP contribution in [0.3, 0.4) is 0 Å². The molecule has 4 nitrogen and oxygen atoms in total. The maximum absolute atomic E-state index is 9.67. The minimum absolute atomic E-state index is 0.116. The Labute approximate surface area is 52.7 Å². The van der Waals surface area contributed by atoms with Crippen LogP contribution in [-0.2, 0) is 4.74 Å². The summed E-state index contributed by atoms with van der Waals surface area (Å²) >= 11 is 0.